The molecule has 0 bridgehead atoms. The second-order valence-corrected chi connectivity index (χ2v) is 6.62. The van der Waals surface area contributed by atoms with Crippen molar-refractivity contribution in [2.24, 2.45) is 0 Å². The van der Waals surface area contributed by atoms with Crippen molar-refractivity contribution in [3.05, 3.63) is 42.5 Å². The largest absolute Gasteiger partial charge is 0.336 e. The number of amides is 1. The molecule has 2 aromatic rings. The first-order valence-corrected chi connectivity index (χ1v) is 8.94. The number of nitrogens with two attached hydrogens (primary N) is 1. The summed E-state index contributed by atoms with van der Waals surface area (Å²) >= 11 is 0. The normalized spacial score (nSPS) is 16.7. The van der Waals surface area contributed by atoms with Gasteiger partial charge in [-0.3, -0.25) is 4.79 Å². The van der Waals surface area contributed by atoms with Gasteiger partial charge >= 0.3 is 0 Å². The Hall–Kier alpha value is -1.87. The third kappa shape index (κ3) is 4.55. The molecule has 0 saturated heterocycles. The Bertz CT molecular complexity index is 640. The predicted molar refractivity (Wildman–Crippen MR) is 95.5 cm³/mol. The van der Waals surface area contributed by atoms with E-state index in [2.05, 4.69) is 28.8 Å². The summed E-state index contributed by atoms with van der Waals surface area (Å²) in [5.41, 5.74) is 0.916. The second kappa shape index (κ2) is 8.11. The smallest absolute Gasteiger partial charge is 0.279 e. The minimum Gasteiger partial charge on any atom is -0.336 e. The van der Waals surface area contributed by atoms with Crippen molar-refractivity contribution < 1.29 is 10.1 Å². The quantitative estimate of drug-likeness (QED) is 0.892. The van der Waals surface area contributed by atoms with Crippen LogP contribution in [-0.4, -0.2) is 18.5 Å². The predicted octanol–water partition coefficient (Wildman–Crippen LogP) is 3.45. The maximum Gasteiger partial charge on any atom is 0.279 e. The van der Waals surface area contributed by atoms with Crippen LogP contribution in [0.3, 0.4) is 0 Å². The number of carbonyl (C=O) groups excluding carboxylic acids is 1. The van der Waals surface area contributed by atoms with Gasteiger partial charge in [0.05, 0.1) is 6.04 Å². The van der Waals surface area contributed by atoms with Gasteiger partial charge in [-0.25, -0.2) is 0 Å². The topological polar surface area (TPSA) is 45.7 Å². The van der Waals surface area contributed by atoms with Gasteiger partial charge in [-0.1, -0.05) is 55.7 Å². The Balaban J connectivity index is 1.56. The fourth-order valence-electron chi connectivity index (χ4n) is 3.53. The van der Waals surface area contributed by atoms with Gasteiger partial charge < -0.3 is 10.6 Å². The minimum absolute atomic E-state index is 0.100. The van der Waals surface area contributed by atoms with E-state index in [9.17, 15) is 4.79 Å². The molecule has 1 amide bonds. The van der Waals surface area contributed by atoms with E-state index in [1.54, 1.807) is 0 Å². The molecule has 23 heavy (non-hydrogen) atoms. The van der Waals surface area contributed by atoms with Crippen LogP contribution in [0.1, 0.15) is 44.9 Å². The van der Waals surface area contributed by atoms with Gasteiger partial charge in [0.25, 0.3) is 5.91 Å². The molecule has 1 aliphatic rings. The SMILES string of the molecule is O=C(C[NH2+]C1CCCCCCC1)Nc1cccc2ccccc12. The van der Waals surface area contributed by atoms with E-state index in [0.717, 1.165) is 16.5 Å². The highest BCUT2D eigenvalue weighted by Gasteiger charge is 2.16. The molecule has 1 saturated carbocycles. The fourth-order valence-corrected chi connectivity index (χ4v) is 3.53. The van der Waals surface area contributed by atoms with E-state index in [4.69, 9.17) is 0 Å². The molecule has 0 aliphatic heterocycles. The molecule has 3 N–H and O–H groups in total. The Morgan fingerprint density at radius 2 is 1.65 bits per heavy atom. The van der Waals surface area contributed by atoms with Crippen molar-refractivity contribution in [1.82, 2.24) is 0 Å². The number of hydrogen-bond donors (Lipinski definition) is 2. The summed E-state index contributed by atoms with van der Waals surface area (Å²) in [6.07, 6.45) is 9.22. The van der Waals surface area contributed by atoms with Crippen LogP contribution in [0.25, 0.3) is 10.8 Å². The van der Waals surface area contributed by atoms with E-state index in [1.807, 2.05) is 24.3 Å². The molecule has 3 nitrogen and oxygen atoms in total. The van der Waals surface area contributed by atoms with E-state index >= 15 is 0 Å². The zero-order valence-electron chi connectivity index (χ0n) is 13.8. The highest BCUT2D eigenvalue weighted by molar-refractivity contribution is 6.02. The fraction of sp³-hybridized carbons (Fsp3) is 0.450. The monoisotopic (exact) mass is 311 g/mol. The molecule has 3 rings (SSSR count). The Labute approximate surface area is 138 Å². The summed E-state index contributed by atoms with van der Waals surface area (Å²) in [5, 5.41) is 7.59. The zero-order chi connectivity index (χ0) is 15.9. The van der Waals surface area contributed by atoms with Crippen LogP contribution in [-0.2, 0) is 4.79 Å². The number of anilines is 1. The number of carbonyl (C=O) groups is 1. The van der Waals surface area contributed by atoms with E-state index in [-0.39, 0.29) is 5.91 Å². The molecule has 2 aromatic carbocycles. The number of benzene rings is 2. The lowest BCUT2D eigenvalue weighted by Gasteiger charge is -2.18. The number of fused-ring (bicyclic) bond motifs is 1. The van der Waals surface area contributed by atoms with E-state index in [1.165, 1.54) is 44.9 Å². The average Bonchev–Trinajstić information content (AvgIpc) is 2.54. The third-order valence-corrected chi connectivity index (χ3v) is 4.85. The molecule has 122 valence electrons. The molecule has 0 aromatic heterocycles. The van der Waals surface area contributed by atoms with Gasteiger partial charge in [-0.15, -0.1) is 0 Å². The van der Waals surface area contributed by atoms with Gasteiger partial charge in [0.1, 0.15) is 0 Å². The highest BCUT2D eigenvalue weighted by atomic mass is 16.1. The van der Waals surface area contributed by atoms with Crippen LogP contribution < -0.4 is 10.6 Å². The van der Waals surface area contributed by atoms with Gasteiger partial charge in [0.15, 0.2) is 6.54 Å². The molecule has 3 heteroatoms. The van der Waals surface area contributed by atoms with Crippen LogP contribution in [0.15, 0.2) is 42.5 Å². The summed E-state index contributed by atoms with van der Waals surface area (Å²) in [6.45, 7) is 0.522. The first kappa shape index (κ1) is 16.0. The van der Waals surface area contributed by atoms with E-state index < -0.39 is 0 Å². The zero-order valence-corrected chi connectivity index (χ0v) is 13.8. The summed E-state index contributed by atoms with van der Waals surface area (Å²) in [6, 6.07) is 14.8. The molecular formula is C20H27N2O+. The molecule has 0 spiro atoms. The van der Waals surface area contributed by atoms with E-state index in [0.29, 0.717) is 12.6 Å². The van der Waals surface area contributed by atoms with Crippen LogP contribution in [0.2, 0.25) is 0 Å². The Morgan fingerprint density at radius 3 is 2.48 bits per heavy atom. The molecule has 0 radical (unpaired) electrons. The maximum atomic E-state index is 12.3. The average molecular weight is 311 g/mol. The summed E-state index contributed by atoms with van der Waals surface area (Å²) in [5.74, 6) is 0.100. The maximum absolute atomic E-state index is 12.3. The van der Waals surface area contributed by atoms with Gasteiger partial charge in [-0.05, 0) is 37.1 Å². The first-order valence-electron chi connectivity index (χ1n) is 8.94. The van der Waals surface area contributed by atoms with Gasteiger partial charge in [0, 0.05) is 11.1 Å². The number of rotatable bonds is 4. The molecule has 1 fully saturated rings. The van der Waals surface area contributed by atoms with Crippen LogP contribution in [0.4, 0.5) is 5.69 Å². The minimum atomic E-state index is 0.100. The molecule has 1 aliphatic carbocycles. The third-order valence-electron chi connectivity index (χ3n) is 4.85. The number of quaternary nitrogens is 1. The first-order chi connectivity index (χ1) is 11.3. The second-order valence-electron chi connectivity index (χ2n) is 6.62. The van der Waals surface area contributed by atoms with Crippen molar-refractivity contribution in [3.8, 4) is 0 Å². The lowest BCUT2D eigenvalue weighted by molar-refractivity contribution is -0.680. The van der Waals surface area contributed by atoms with Gasteiger partial charge in [-0.2, -0.15) is 0 Å². The standard InChI is InChI=1S/C20H26N2O/c23-20(15-21-17-11-4-2-1-3-5-12-17)22-19-14-8-10-16-9-6-7-13-18(16)19/h6-10,13-14,17,21H,1-5,11-12,15H2,(H,22,23)/p+1. The summed E-state index contributed by atoms with van der Waals surface area (Å²) < 4.78 is 0. The lowest BCUT2D eigenvalue weighted by atomic mass is 9.97. The molecular weight excluding hydrogens is 284 g/mol. The summed E-state index contributed by atoms with van der Waals surface area (Å²) in [4.78, 5) is 12.3. The van der Waals surface area contributed by atoms with Crippen molar-refractivity contribution >= 4 is 22.4 Å². The highest BCUT2D eigenvalue weighted by Crippen LogP contribution is 2.22. The van der Waals surface area contributed by atoms with Crippen molar-refractivity contribution in [2.45, 2.75) is 51.0 Å². The number of hydrogen-bond acceptors (Lipinski definition) is 1. The Morgan fingerprint density at radius 1 is 0.957 bits per heavy atom. The van der Waals surface area contributed by atoms with Crippen molar-refractivity contribution in [1.29, 1.82) is 0 Å². The molecule has 0 atom stereocenters. The van der Waals surface area contributed by atoms with Crippen LogP contribution in [0.5, 0.6) is 0 Å². The Kier molecular flexibility index (Phi) is 5.65. The molecule has 0 unspecified atom stereocenters. The lowest BCUT2D eigenvalue weighted by Crippen LogP contribution is -2.91. The summed E-state index contributed by atoms with van der Waals surface area (Å²) in [7, 11) is 0. The molecule has 0 heterocycles. The van der Waals surface area contributed by atoms with Crippen LogP contribution >= 0.6 is 0 Å². The van der Waals surface area contributed by atoms with Gasteiger partial charge in [0.2, 0.25) is 0 Å². The van der Waals surface area contributed by atoms with Crippen LogP contribution in [0, 0.1) is 0 Å². The number of nitrogens with one attached hydrogen (secondary N) is 1. The van der Waals surface area contributed by atoms with Crippen molar-refractivity contribution in [3.63, 3.8) is 0 Å². The van der Waals surface area contributed by atoms with Crippen molar-refractivity contribution in [2.75, 3.05) is 11.9 Å².